The van der Waals surface area contributed by atoms with Gasteiger partial charge in [-0.25, -0.2) is 13.8 Å². The van der Waals surface area contributed by atoms with E-state index < -0.39 is 11.6 Å². The van der Waals surface area contributed by atoms with Crippen molar-refractivity contribution < 1.29 is 8.78 Å². The van der Waals surface area contributed by atoms with Crippen molar-refractivity contribution in [3.63, 3.8) is 0 Å². The van der Waals surface area contributed by atoms with E-state index in [1.165, 1.54) is 18.2 Å². The maximum Gasteiger partial charge on any atom is 0.189 e. The topological polar surface area (TPSA) is 50.4 Å². The summed E-state index contributed by atoms with van der Waals surface area (Å²) in [5.41, 5.74) is 5.81. The lowest BCUT2D eigenvalue weighted by atomic mass is 10.1. The number of guanidine groups is 1. The molecule has 0 aliphatic heterocycles. The van der Waals surface area contributed by atoms with E-state index in [0.29, 0.717) is 12.4 Å². The Labute approximate surface area is 105 Å². The highest BCUT2D eigenvalue weighted by molar-refractivity contribution is 5.78. The van der Waals surface area contributed by atoms with E-state index in [0.717, 1.165) is 0 Å². The summed E-state index contributed by atoms with van der Waals surface area (Å²) in [7, 11) is 0. The standard InChI is InChI=1S/C13H17F2N3/c1-7(2)17-13(16)18-11-6-8(11)12-9(14)4-3-5-10(12)15/h3-5,7-8,11H,6H2,1-2H3,(H3,16,17,18)/t8-,11-/m1/s1. The van der Waals surface area contributed by atoms with Crippen LogP contribution in [-0.4, -0.2) is 18.0 Å². The van der Waals surface area contributed by atoms with Crippen molar-refractivity contribution >= 4 is 5.96 Å². The Morgan fingerprint density at radius 2 is 2.00 bits per heavy atom. The average Bonchev–Trinajstić information content (AvgIpc) is 2.95. The lowest BCUT2D eigenvalue weighted by molar-refractivity contribution is 0.555. The largest absolute Gasteiger partial charge is 0.370 e. The van der Waals surface area contributed by atoms with Gasteiger partial charge in [-0.1, -0.05) is 6.07 Å². The Hall–Kier alpha value is -1.65. The van der Waals surface area contributed by atoms with Crippen molar-refractivity contribution in [2.24, 2.45) is 10.7 Å². The van der Waals surface area contributed by atoms with Crippen molar-refractivity contribution in [1.82, 2.24) is 5.32 Å². The molecular weight excluding hydrogens is 236 g/mol. The van der Waals surface area contributed by atoms with Gasteiger partial charge in [0.1, 0.15) is 11.6 Å². The molecule has 3 nitrogen and oxygen atoms in total. The summed E-state index contributed by atoms with van der Waals surface area (Å²) in [5.74, 6) is -0.880. The molecule has 0 heterocycles. The summed E-state index contributed by atoms with van der Waals surface area (Å²) in [6.45, 7) is 3.90. The van der Waals surface area contributed by atoms with Crippen LogP contribution in [0.25, 0.3) is 0 Å². The van der Waals surface area contributed by atoms with Crippen LogP contribution in [0.3, 0.4) is 0 Å². The fourth-order valence-corrected chi connectivity index (χ4v) is 2.01. The second kappa shape index (κ2) is 4.92. The van der Waals surface area contributed by atoms with Crippen LogP contribution in [0.1, 0.15) is 31.7 Å². The monoisotopic (exact) mass is 253 g/mol. The molecule has 3 N–H and O–H groups in total. The average molecular weight is 253 g/mol. The highest BCUT2D eigenvalue weighted by Gasteiger charge is 2.42. The summed E-state index contributed by atoms with van der Waals surface area (Å²) in [6, 6.07) is 3.98. The Kier molecular flexibility index (Phi) is 3.50. The Morgan fingerprint density at radius 1 is 1.39 bits per heavy atom. The van der Waals surface area contributed by atoms with Crippen LogP contribution in [0, 0.1) is 11.6 Å². The highest BCUT2D eigenvalue weighted by Crippen LogP contribution is 2.45. The first-order valence-electron chi connectivity index (χ1n) is 6.02. The molecule has 18 heavy (non-hydrogen) atoms. The summed E-state index contributed by atoms with van der Waals surface area (Å²) in [6.07, 6.45) is 0.637. The fraction of sp³-hybridized carbons (Fsp3) is 0.462. The number of benzene rings is 1. The second-order valence-electron chi connectivity index (χ2n) is 4.86. The molecule has 1 aromatic rings. The Balaban J connectivity index is 2.07. The molecule has 1 aliphatic rings. The quantitative estimate of drug-likeness (QED) is 0.640. The van der Waals surface area contributed by atoms with E-state index in [4.69, 9.17) is 5.73 Å². The number of nitrogens with zero attached hydrogens (tertiary/aromatic N) is 1. The zero-order valence-corrected chi connectivity index (χ0v) is 10.5. The van der Waals surface area contributed by atoms with Crippen LogP contribution in [0.2, 0.25) is 0 Å². The van der Waals surface area contributed by atoms with Crippen LogP contribution in [0.4, 0.5) is 8.78 Å². The predicted molar refractivity (Wildman–Crippen MR) is 67.4 cm³/mol. The molecule has 2 atom stereocenters. The third-order valence-corrected chi connectivity index (χ3v) is 2.87. The van der Waals surface area contributed by atoms with Gasteiger partial charge in [0.25, 0.3) is 0 Å². The minimum absolute atomic E-state index is 0.123. The third kappa shape index (κ3) is 2.78. The first-order chi connectivity index (χ1) is 8.49. The lowest BCUT2D eigenvalue weighted by Crippen LogP contribution is -2.37. The maximum atomic E-state index is 13.5. The van der Waals surface area contributed by atoms with E-state index in [9.17, 15) is 8.78 Å². The first kappa shape index (κ1) is 12.8. The van der Waals surface area contributed by atoms with Crippen molar-refractivity contribution in [3.05, 3.63) is 35.4 Å². The SMILES string of the molecule is CC(C)NC(N)=N[C@@H]1C[C@H]1c1c(F)cccc1F. The van der Waals surface area contributed by atoms with Gasteiger partial charge in [-0.15, -0.1) is 0 Å². The number of hydrogen-bond acceptors (Lipinski definition) is 1. The van der Waals surface area contributed by atoms with Crippen LogP contribution < -0.4 is 11.1 Å². The molecule has 98 valence electrons. The van der Waals surface area contributed by atoms with E-state index in [1.807, 2.05) is 13.8 Å². The molecule has 1 aliphatic carbocycles. The van der Waals surface area contributed by atoms with Gasteiger partial charge in [-0.05, 0) is 32.4 Å². The van der Waals surface area contributed by atoms with E-state index >= 15 is 0 Å². The molecule has 0 radical (unpaired) electrons. The van der Waals surface area contributed by atoms with Crippen molar-refractivity contribution in [3.8, 4) is 0 Å². The third-order valence-electron chi connectivity index (χ3n) is 2.87. The summed E-state index contributed by atoms with van der Waals surface area (Å²) >= 11 is 0. The number of nitrogens with two attached hydrogens (primary N) is 1. The molecule has 0 bridgehead atoms. The summed E-state index contributed by atoms with van der Waals surface area (Å²) in [5, 5.41) is 2.96. The first-order valence-corrected chi connectivity index (χ1v) is 6.02. The van der Waals surface area contributed by atoms with Crippen LogP contribution in [0.5, 0.6) is 0 Å². The van der Waals surface area contributed by atoms with Crippen LogP contribution in [-0.2, 0) is 0 Å². The summed E-state index contributed by atoms with van der Waals surface area (Å²) in [4.78, 5) is 4.22. The van der Waals surface area contributed by atoms with Gasteiger partial charge in [0.15, 0.2) is 5.96 Å². The van der Waals surface area contributed by atoms with E-state index in [2.05, 4.69) is 10.3 Å². The smallest absolute Gasteiger partial charge is 0.189 e. The number of nitrogens with one attached hydrogen (secondary N) is 1. The van der Waals surface area contributed by atoms with Gasteiger partial charge in [0.05, 0.1) is 6.04 Å². The van der Waals surface area contributed by atoms with Gasteiger partial charge in [-0.3, -0.25) is 0 Å². The van der Waals surface area contributed by atoms with Crippen molar-refractivity contribution in [1.29, 1.82) is 0 Å². The van der Waals surface area contributed by atoms with Gasteiger partial charge in [0.2, 0.25) is 0 Å². The molecule has 0 unspecified atom stereocenters. The molecule has 1 fully saturated rings. The molecule has 0 spiro atoms. The molecule has 0 saturated heterocycles. The Bertz CT molecular complexity index is 451. The number of halogens is 2. The van der Waals surface area contributed by atoms with Crippen molar-refractivity contribution in [2.45, 2.75) is 38.3 Å². The molecule has 1 aromatic carbocycles. The van der Waals surface area contributed by atoms with Gasteiger partial charge < -0.3 is 11.1 Å². The zero-order chi connectivity index (χ0) is 13.3. The predicted octanol–water partition coefficient (Wildman–Crippen LogP) is 2.13. The van der Waals surface area contributed by atoms with Gasteiger partial charge in [0, 0.05) is 17.5 Å². The van der Waals surface area contributed by atoms with Crippen LogP contribution >= 0.6 is 0 Å². The normalized spacial score (nSPS) is 23.3. The molecule has 0 aromatic heterocycles. The zero-order valence-electron chi connectivity index (χ0n) is 10.5. The van der Waals surface area contributed by atoms with Gasteiger partial charge in [-0.2, -0.15) is 0 Å². The Morgan fingerprint density at radius 3 is 2.56 bits per heavy atom. The lowest BCUT2D eigenvalue weighted by Gasteiger charge is -2.08. The maximum absolute atomic E-state index is 13.5. The highest BCUT2D eigenvalue weighted by atomic mass is 19.1. The molecular formula is C13H17F2N3. The van der Waals surface area contributed by atoms with Crippen molar-refractivity contribution in [2.75, 3.05) is 0 Å². The van der Waals surface area contributed by atoms with E-state index in [1.54, 1.807) is 0 Å². The van der Waals surface area contributed by atoms with Gasteiger partial charge >= 0.3 is 0 Å². The van der Waals surface area contributed by atoms with E-state index in [-0.39, 0.29) is 23.6 Å². The second-order valence-corrected chi connectivity index (χ2v) is 4.86. The number of rotatable bonds is 3. The molecule has 2 rings (SSSR count). The minimum Gasteiger partial charge on any atom is -0.370 e. The minimum atomic E-state index is -0.506. The summed E-state index contributed by atoms with van der Waals surface area (Å²) < 4.78 is 27.1. The number of aliphatic imine (C=N–C) groups is 1. The molecule has 1 saturated carbocycles. The van der Waals surface area contributed by atoms with Crippen LogP contribution in [0.15, 0.2) is 23.2 Å². The molecule has 5 heteroatoms. The molecule has 0 amide bonds. The number of hydrogen-bond donors (Lipinski definition) is 2. The fourth-order valence-electron chi connectivity index (χ4n) is 2.01.